The molecule has 14 heavy (non-hydrogen) atoms. The van der Waals surface area contributed by atoms with E-state index in [1.54, 1.807) is 0 Å². The summed E-state index contributed by atoms with van der Waals surface area (Å²) in [6.07, 6.45) is 7.34. The first kappa shape index (κ1) is 9.93. The van der Waals surface area contributed by atoms with Gasteiger partial charge >= 0.3 is 0 Å². The molecule has 0 unspecified atom stereocenters. The predicted octanol–water partition coefficient (Wildman–Crippen LogP) is 3.10. The molecule has 3 nitrogen and oxygen atoms in total. The van der Waals surface area contributed by atoms with Crippen molar-refractivity contribution in [1.29, 1.82) is 0 Å². The highest BCUT2D eigenvalue weighted by atomic mass is 35.5. The lowest BCUT2D eigenvalue weighted by Crippen LogP contribution is -2.07. The number of rotatable bonds is 3. The Bertz CT molecular complexity index is 335. The van der Waals surface area contributed by atoms with E-state index in [0.29, 0.717) is 11.0 Å². The summed E-state index contributed by atoms with van der Waals surface area (Å²) < 4.78 is 7.95. The van der Waals surface area contributed by atoms with E-state index in [1.807, 2.05) is 0 Å². The maximum absolute atomic E-state index is 5.81. The number of halogens is 1. The molecule has 0 fully saturated rings. The summed E-state index contributed by atoms with van der Waals surface area (Å²) in [5.74, 6) is 0.711. The average Bonchev–Trinajstić information content (AvgIpc) is 2.63. The van der Waals surface area contributed by atoms with Gasteiger partial charge in [0.1, 0.15) is 0 Å². The van der Waals surface area contributed by atoms with Crippen molar-refractivity contribution in [1.82, 2.24) is 8.75 Å². The van der Waals surface area contributed by atoms with Gasteiger partial charge in [-0.2, -0.15) is 8.75 Å². The van der Waals surface area contributed by atoms with Crippen LogP contribution in [0.1, 0.15) is 25.7 Å². The first-order chi connectivity index (χ1) is 6.86. The molecule has 5 heteroatoms. The maximum atomic E-state index is 5.81. The minimum atomic E-state index is 0.478. The third kappa shape index (κ3) is 2.45. The third-order valence-electron chi connectivity index (χ3n) is 2.32. The van der Waals surface area contributed by atoms with Crippen molar-refractivity contribution in [2.45, 2.75) is 25.7 Å². The second-order valence-corrected chi connectivity index (χ2v) is 4.25. The van der Waals surface area contributed by atoms with Gasteiger partial charge in [-0.05, 0) is 25.7 Å². The van der Waals surface area contributed by atoms with E-state index in [-0.39, 0.29) is 0 Å². The quantitative estimate of drug-likeness (QED) is 0.810. The highest BCUT2D eigenvalue weighted by molar-refractivity contribution is 6.99. The molecular weight excluding hydrogens is 218 g/mol. The molecule has 0 spiro atoms. The summed E-state index contributed by atoms with van der Waals surface area (Å²) in [6.45, 7) is 0.852. The SMILES string of the molecule is Clc1nsnc1NCC1=CCCCC1. The molecule has 1 aromatic rings. The predicted molar refractivity (Wildman–Crippen MR) is 60.0 cm³/mol. The van der Waals surface area contributed by atoms with E-state index in [0.717, 1.165) is 18.3 Å². The van der Waals surface area contributed by atoms with Gasteiger partial charge in [0.25, 0.3) is 0 Å². The Hall–Kier alpha value is -0.610. The van der Waals surface area contributed by atoms with Crippen LogP contribution in [0.5, 0.6) is 0 Å². The number of nitrogens with zero attached hydrogens (tertiary/aromatic N) is 2. The standard InChI is InChI=1S/C9H12ClN3S/c10-8-9(13-14-12-8)11-6-7-4-2-1-3-5-7/h4H,1-3,5-6H2,(H,11,13). The third-order valence-corrected chi connectivity index (χ3v) is 3.21. The van der Waals surface area contributed by atoms with Gasteiger partial charge in [-0.25, -0.2) is 0 Å². The van der Waals surface area contributed by atoms with Crippen LogP contribution in [-0.4, -0.2) is 15.3 Å². The number of anilines is 1. The Balaban J connectivity index is 1.88. The molecule has 1 aliphatic rings. The fourth-order valence-electron chi connectivity index (χ4n) is 1.55. The van der Waals surface area contributed by atoms with Gasteiger partial charge in [0, 0.05) is 6.54 Å². The molecule has 1 N–H and O–H groups in total. The summed E-state index contributed by atoms with van der Waals surface area (Å²) in [4.78, 5) is 0. The van der Waals surface area contributed by atoms with Gasteiger partial charge in [-0.1, -0.05) is 23.3 Å². The molecule has 76 valence electrons. The van der Waals surface area contributed by atoms with Crippen LogP contribution < -0.4 is 5.32 Å². The molecule has 0 saturated heterocycles. The van der Waals surface area contributed by atoms with E-state index in [4.69, 9.17) is 11.6 Å². The van der Waals surface area contributed by atoms with Crippen molar-refractivity contribution < 1.29 is 0 Å². The van der Waals surface area contributed by atoms with Gasteiger partial charge in [0.2, 0.25) is 0 Å². The Morgan fingerprint density at radius 3 is 3.00 bits per heavy atom. The van der Waals surface area contributed by atoms with Gasteiger partial charge in [0.15, 0.2) is 11.0 Å². The molecule has 0 amide bonds. The van der Waals surface area contributed by atoms with Crippen LogP contribution in [0.4, 0.5) is 5.82 Å². The molecule has 2 rings (SSSR count). The highest BCUT2D eigenvalue weighted by Gasteiger charge is 2.07. The first-order valence-corrected chi connectivity index (χ1v) is 5.87. The van der Waals surface area contributed by atoms with E-state index >= 15 is 0 Å². The lowest BCUT2D eigenvalue weighted by Gasteiger charge is -2.12. The van der Waals surface area contributed by atoms with Crippen LogP contribution in [0.3, 0.4) is 0 Å². The summed E-state index contributed by atoms with van der Waals surface area (Å²) in [6, 6.07) is 0. The Labute approximate surface area is 92.5 Å². The van der Waals surface area contributed by atoms with Crippen molar-refractivity contribution in [3.05, 3.63) is 16.8 Å². The summed E-state index contributed by atoms with van der Waals surface area (Å²) in [5.41, 5.74) is 1.46. The number of hydrogen-bond donors (Lipinski definition) is 1. The molecule has 1 aromatic heterocycles. The van der Waals surface area contributed by atoms with Gasteiger partial charge < -0.3 is 5.32 Å². The zero-order valence-corrected chi connectivity index (χ0v) is 9.37. The van der Waals surface area contributed by atoms with Crippen LogP contribution in [0, 0.1) is 0 Å². The minimum Gasteiger partial charge on any atom is -0.363 e. The average molecular weight is 230 g/mol. The van der Waals surface area contributed by atoms with E-state index in [9.17, 15) is 0 Å². The van der Waals surface area contributed by atoms with Gasteiger partial charge in [-0.15, -0.1) is 0 Å². The second kappa shape index (κ2) is 4.75. The monoisotopic (exact) mass is 229 g/mol. The smallest absolute Gasteiger partial charge is 0.186 e. The van der Waals surface area contributed by atoms with Crippen LogP contribution in [-0.2, 0) is 0 Å². The normalized spacial score (nSPS) is 16.5. The first-order valence-electron chi connectivity index (χ1n) is 4.76. The van der Waals surface area contributed by atoms with Gasteiger partial charge in [-0.3, -0.25) is 0 Å². The molecule has 0 aliphatic heterocycles. The molecule has 1 aliphatic carbocycles. The summed E-state index contributed by atoms with van der Waals surface area (Å²) in [7, 11) is 0. The topological polar surface area (TPSA) is 37.8 Å². The highest BCUT2D eigenvalue weighted by Crippen LogP contribution is 2.21. The Morgan fingerprint density at radius 1 is 1.43 bits per heavy atom. The van der Waals surface area contributed by atoms with Crippen molar-refractivity contribution in [2.75, 3.05) is 11.9 Å². The minimum absolute atomic E-state index is 0.478. The van der Waals surface area contributed by atoms with E-state index in [1.165, 1.54) is 31.3 Å². The number of allylic oxidation sites excluding steroid dienone is 1. The Kier molecular flexibility index (Phi) is 3.37. The number of nitrogens with one attached hydrogen (secondary N) is 1. The van der Waals surface area contributed by atoms with Crippen molar-refractivity contribution >= 4 is 29.1 Å². The molecule has 0 saturated carbocycles. The second-order valence-electron chi connectivity index (χ2n) is 3.37. The lowest BCUT2D eigenvalue weighted by molar-refractivity contribution is 0.695. The zero-order valence-electron chi connectivity index (χ0n) is 7.79. The molecule has 0 atom stereocenters. The van der Waals surface area contributed by atoms with Crippen molar-refractivity contribution in [3.8, 4) is 0 Å². The summed E-state index contributed by atoms with van der Waals surface area (Å²) >= 11 is 6.95. The van der Waals surface area contributed by atoms with E-state index < -0.39 is 0 Å². The van der Waals surface area contributed by atoms with Gasteiger partial charge in [0.05, 0.1) is 11.7 Å². The van der Waals surface area contributed by atoms with E-state index in [2.05, 4.69) is 20.1 Å². The lowest BCUT2D eigenvalue weighted by atomic mass is 10.00. The zero-order chi connectivity index (χ0) is 9.80. The maximum Gasteiger partial charge on any atom is 0.186 e. The number of hydrogen-bond acceptors (Lipinski definition) is 4. The number of aromatic nitrogens is 2. The Morgan fingerprint density at radius 2 is 2.36 bits per heavy atom. The van der Waals surface area contributed by atoms with Crippen LogP contribution in [0.25, 0.3) is 0 Å². The van der Waals surface area contributed by atoms with Crippen LogP contribution in [0.15, 0.2) is 11.6 Å². The fraction of sp³-hybridized carbons (Fsp3) is 0.556. The fourth-order valence-corrected chi connectivity index (χ4v) is 2.23. The molecular formula is C9H12ClN3S. The molecule has 1 heterocycles. The molecule has 0 radical (unpaired) electrons. The molecule has 0 aromatic carbocycles. The largest absolute Gasteiger partial charge is 0.363 e. The van der Waals surface area contributed by atoms with Crippen LogP contribution >= 0.6 is 23.3 Å². The van der Waals surface area contributed by atoms with Crippen molar-refractivity contribution in [2.24, 2.45) is 0 Å². The summed E-state index contributed by atoms with van der Waals surface area (Å²) in [5, 5.41) is 3.68. The van der Waals surface area contributed by atoms with Crippen LogP contribution in [0.2, 0.25) is 5.15 Å². The van der Waals surface area contributed by atoms with Crippen molar-refractivity contribution in [3.63, 3.8) is 0 Å². The molecule has 0 bridgehead atoms.